The maximum absolute atomic E-state index is 12.5. The number of nitrogens with zero attached hydrogens (tertiary/aromatic N) is 1. The van der Waals surface area contributed by atoms with Gasteiger partial charge in [-0.2, -0.15) is 0 Å². The van der Waals surface area contributed by atoms with Crippen LogP contribution in [0.4, 0.5) is 5.69 Å². The van der Waals surface area contributed by atoms with Gasteiger partial charge in [-0.3, -0.25) is 4.79 Å². The average molecular weight is 310 g/mol. The van der Waals surface area contributed by atoms with Gasteiger partial charge in [-0.25, -0.2) is 0 Å². The second kappa shape index (κ2) is 6.73. The lowest BCUT2D eigenvalue weighted by Gasteiger charge is -2.25. The summed E-state index contributed by atoms with van der Waals surface area (Å²) in [5, 5.41) is 4.14. The number of amides is 1. The molecule has 1 aromatic heterocycles. The van der Waals surface area contributed by atoms with Crippen molar-refractivity contribution < 1.29 is 9.21 Å². The van der Waals surface area contributed by atoms with Crippen molar-refractivity contribution in [2.24, 2.45) is 0 Å². The number of rotatable bonds is 4. The van der Waals surface area contributed by atoms with Gasteiger partial charge in [0.25, 0.3) is 5.91 Å². The first kappa shape index (κ1) is 15.4. The van der Waals surface area contributed by atoms with Crippen LogP contribution in [0, 0.1) is 0 Å². The zero-order chi connectivity index (χ0) is 16.2. The molecule has 3 rings (SSSR count). The summed E-state index contributed by atoms with van der Waals surface area (Å²) < 4.78 is 5.74. The lowest BCUT2D eigenvalue weighted by Crippen LogP contribution is -2.35. The van der Waals surface area contributed by atoms with Crippen LogP contribution in [0.15, 0.2) is 53.1 Å². The molecule has 1 amide bonds. The Bertz CT molecular complexity index is 752. The minimum atomic E-state index is -0.00580. The third-order valence-electron chi connectivity index (χ3n) is 4.04. The quantitative estimate of drug-likeness (QED) is 0.842. The fourth-order valence-corrected chi connectivity index (χ4v) is 2.91. The Morgan fingerprint density at radius 1 is 1.26 bits per heavy atom. The van der Waals surface area contributed by atoms with Crippen molar-refractivity contribution in [3.8, 4) is 0 Å². The second-order valence-corrected chi connectivity index (χ2v) is 5.87. The predicted molar refractivity (Wildman–Crippen MR) is 93.5 cm³/mol. The van der Waals surface area contributed by atoms with E-state index >= 15 is 0 Å². The molecule has 4 nitrogen and oxygen atoms in total. The van der Waals surface area contributed by atoms with Crippen molar-refractivity contribution in [2.45, 2.75) is 26.2 Å². The van der Waals surface area contributed by atoms with Gasteiger partial charge in [-0.1, -0.05) is 12.7 Å². The van der Waals surface area contributed by atoms with Gasteiger partial charge in [0.15, 0.2) is 5.76 Å². The number of hydrogen-bond acceptors (Lipinski definition) is 3. The Hall–Kier alpha value is -2.49. The highest BCUT2D eigenvalue weighted by Crippen LogP contribution is 2.25. The smallest absolute Gasteiger partial charge is 0.289 e. The molecule has 4 heteroatoms. The standard InChI is InChI=1S/C19H22N2O2/c1-3-7-14(2)20-16-8-9-17-15(12-16)13-18(23-17)19(22)21-10-5-4-6-11-21/h3,7-9,12-13,20H,2,4-6,10-11H2,1H3/b7-3+. The number of likely N-dealkylation sites (tertiary alicyclic amines) is 1. The number of nitrogens with one attached hydrogen (secondary N) is 1. The van der Waals surface area contributed by atoms with E-state index in [0.717, 1.165) is 48.3 Å². The highest BCUT2D eigenvalue weighted by Gasteiger charge is 2.21. The lowest BCUT2D eigenvalue weighted by atomic mass is 10.1. The molecule has 0 spiro atoms. The first-order chi connectivity index (χ1) is 11.2. The summed E-state index contributed by atoms with van der Waals surface area (Å²) in [5.41, 5.74) is 2.48. The number of benzene rings is 1. The number of hydrogen-bond donors (Lipinski definition) is 1. The van der Waals surface area contributed by atoms with Crippen LogP contribution in [-0.2, 0) is 0 Å². The third-order valence-corrected chi connectivity index (χ3v) is 4.04. The summed E-state index contributed by atoms with van der Waals surface area (Å²) in [6.45, 7) is 7.53. The Labute approximate surface area is 136 Å². The van der Waals surface area contributed by atoms with Gasteiger partial charge in [0.1, 0.15) is 5.58 Å². The van der Waals surface area contributed by atoms with Gasteiger partial charge < -0.3 is 14.6 Å². The van der Waals surface area contributed by atoms with E-state index in [4.69, 9.17) is 4.42 Å². The van der Waals surface area contributed by atoms with Crippen LogP contribution in [0.5, 0.6) is 0 Å². The number of fused-ring (bicyclic) bond motifs is 1. The number of carbonyl (C=O) groups is 1. The highest BCUT2D eigenvalue weighted by molar-refractivity contribution is 5.96. The molecule has 1 fully saturated rings. The summed E-state index contributed by atoms with van der Waals surface area (Å²) >= 11 is 0. The van der Waals surface area contributed by atoms with Crippen LogP contribution in [0.1, 0.15) is 36.7 Å². The number of piperidine rings is 1. The van der Waals surface area contributed by atoms with E-state index in [1.165, 1.54) is 6.42 Å². The molecule has 1 saturated heterocycles. The second-order valence-electron chi connectivity index (χ2n) is 5.87. The third kappa shape index (κ3) is 3.47. The fourth-order valence-electron chi connectivity index (χ4n) is 2.91. The minimum Gasteiger partial charge on any atom is -0.451 e. The van der Waals surface area contributed by atoms with Crippen LogP contribution in [0.25, 0.3) is 11.0 Å². The van der Waals surface area contributed by atoms with E-state index in [1.54, 1.807) is 0 Å². The van der Waals surface area contributed by atoms with Gasteiger partial charge >= 0.3 is 0 Å². The van der Waals surface area contributed by atoms with E-state index in [0.29, 0.717) is 5.76 Å². The first-order valence-electron chi connectivity index (χ1n) is 8.09. The summed E-state index contributed by atoms with van der Waals surface area (Å²) in [4.78, 5) is 14.4. The molecule has 0 bridgehead atoms. The molecule has 1 aliphatic rings. The Morgan fingerprint density at radius 3 is 2.78 bits per heavy atom. The van der Waals surface area contributed by atoms with E-state index in [9.17, 15) is 4.79 Å². The van der Waals surface area contributed by atoms with Crippen molar-refractivity contribution in [3.63, 3.8) is 0 Å². The van der Waals surface area contributed by atoms with Crippen LogP contribution >= 0.6 is 0 Å². The number of furan rings is 1. The molecule has 2 aromatic rings. The summed E-state index contributed by atoms with van der Waals surface area (Å²) in [6.07, 6.45) is 7.20. The molecule has 0 unspecified atom stereocenters. The van der Waals surface area contributed by atoms with Crippen LogP contribution < -0.4 is 5.32 Å². The number of allylic oxidation sites excluding steroid dienone is 2. The first-order valence-corrected chi connectivity index (χ1v) is 8.09. The molecule has 2 heterocycles. The van der Waals surface area contributed by atoms with Gasteiger partial charge in [0, 0.05) is 29.9 Å². The van der Waals surface area contributed by atoms with E-state index in [1.807, 2.05) is 48.2 Å². The van der Waals surface area contributed by atoms with Crippen molar-refractivity contribution in [2.75, 3.05) is 18.4 Å². The SMILES string of the molecule is C=C(/C=C/C)Nc1ccc2oc(C(=O)N3CCCCC3)cc2c1. The maximum Gasteiger partial charge on any atom is 0.289 e. The molecular weight excluding hydrogens is 288 g/mol. The van der Waals surface area contributed by atoms with Gasteiger partial charge in [0.2, 0.25) is 0 Å². The van der Waals surface area contributed by atoms with Crippen molar-refractivity contribution in [3.05, 3.63) is 54.5 Å². The summed E-state index contributed by atoms with van der Waals surface area (Å²) in [7, 11) is 0. The Morgan fingerprint density at radius 2 is 2.04 bits per heavy atom. The van der Waals surface area contributed by atoms with Crippen molar-refractivity contribution >= 4 is 22.6 Å². The minimum absolute atomic E-state index is 0.00580. The predicted octanol–water partition coefficient (Wildman–Crippen LogP) is 4.56. The van der Waals surface area contributed by atoms with E-state index in [-0.39, 0.29) is 5.91 Å². The normalized spacial score (nSPS) is 15.3. The molecule has 0 aliphatic carbocycles. The van der Waals surface area contributed by atoms with Gasteiger partial charge in [0.05, 0.1) is 0 Å². The zero-order valence-corrected chi connectivity index (χ0v) is 13.5. The van der Waals surface area contributed by atoms with Crippen LogP contribution in [-0.4, -0.2) is 23.9 Å². The van der Waals surface area contributed by atoms with Crippen LogP contribution in [0.2, 0.25) is 0 Å². The lowest BCUT2D eigenvalue weighted by molar-refractivity contribution is 0.0694. The molecule has 23 heavy (non-hydrogen) atoms. The maximum atomic E-state index is 12.5. The molecule has 0 atom stereocenters. The Balaban J connectivity index is 1.81. The largest absolute Gasteiger partial charge is 0.451 e. The molecule has 1 aliphatic heterocycles. The topological polar surface area (TPSA) is 45.5 Å². The molecule has 0 radical (unpaired) electrons. The fraction of sp³-hybridized carbons (Fsp3) is 0.316. The Kier molecular flexibility index (Phi) is 4.51. The zero-order valence-electron chi connectivity index (χ0n) is 13.5. The van der Waals surface area contributed by atoms with Crippen LogP contribution in [0.3, 0.4) is 0 Å². The average Bonchev–Trinajstić information content (AvgIpc) is 2.98. The van der Waals surface area contributed by atoms with Crippen molar-refractivity contribution in [1.29, 1.82) is 0 Å². The molecular formula is C19H22N2O2. The van der Waals surface area contributed by atoms with E-state index in [2.05, 4.69) is 11.9 Å². The van der Waals surface area contributed by atoms with Gasteiger partial charge in [-0.05, 0) is 56.5 Å². The molecule has 120 valence electrons. The molecule has 1 aromatic carbocycles. The highest BCUT2D eigenvalue weighted by atomic mass is 16.3. The van der Waals surface area contributed by atoms with Crippen molar-refractivity contribution in [1.82, 2.24) is 4.90 Å². The van der Waals surface area contributed by atoms with Gasteiger partial charge in [-0.15, -0.1) is 0 Å². The van der Waals surface area contributed by atoms with E-state index < -0.39 is 0 Å². The molecule has 0 saturated carbocycles. The monoisotopic (exact) mass is 310 g/mol. The summed E-state index contributed by atoms with van der Waals surface area (Å²) in [5.74, 6) is 0.417. The molecule has 1 N–H and O–H groups in total. The number of carbonyl (C=O) groups excluding carboxylic acids is 1. The number of anilines is 1. The summed E-state index contributed by atoms with van der Waals surface area (Å²) in [6, 6.07) is 7.61.